The van der Waals surface area contributed by atoms with E-state index in [1.807, 2.05) is 20.8 Å². The summed E-state index contributed by atoms with van der Waals surface area (Å²) in [6.07, 6.45) is -4.79. The molecule has 1 atom stereocenters. The molecule has 0 aliphatic rings. The molecule has 1 rings (SSSR count). The highest BCUT2D eigenvalue weighted by molar-refractivity contribution is 6.32. The van der Waals surface area contributed by atoms with Crippen LogP contribution in [-0.4, -0.2) is 12.4 Å². The zero-order valence-corrected chi connectivity index (χ0v) is 11.9. The van der Waals surface area contributed by atoms with Gasteiger partial charge < -0.3 is 10.1 Å². The van der Waals surface area contributed by atoms with Crippen LogP contribution in [-0.2, 0) is 0 Å². The Balaban J connectivity index is 2.91. The second-order valence-electron chi connectivity index (χ2n) is 5.27. The average molecular weight is 307 g/mol. The fourth-order valence-corrected chi connectivity index (χ4v) is 1.63. The van der Waals surface area contributed by atoms with Crippen LogP contribution in [0.1, 0.15) is 20.8 Å². The zero-order chi connectivity index (χ0) is 15.6. The number of nitrogens with one attached hydrogen (secondary N) is 1. The van der Waals surface area contributed by atoms with Gasteiger partial charge in [0.05, 0.1) is 11.1 Å². The van der Waals surface area contributed by atoms with Gasteiger partial charge in [0, 0.05) is 5.69 Å². The summed E-state index contributed by atoms with van der Waals surface area (Å²) in [5.74, 6) is -0.478. The molecule has 7 heteroatoms. The molecule has 3 nitrogen and oxygen atoms in total. The maximum Gasteiger partial charge on any atom is 0.573 e. The van der Waals surface area contributed by atoms with Crippen LogP contribution in [0.3, 0.4) is 0 Å². The fourth-order valence-electron chi connectivity index (χ4n) is 1.41. The van der Waals surface area contributed by atoms with Crippen molar-refractivity contribution in [2.75, 3.05) is 5.32 Å². The largest absolute Gasteiger partial charge is 0.573 e. The highest BCUT2D eigenvalue weighted by Crippen LogP contribution is 2.33. The van der Waals surface area contributed by atoms with Gasteiger partial charge >= 0.3 is 6.36 Å². The van der Waals surface area contributed by atoms with Crippen molar-refractivity contribution in [2.45, 2.75) is 33.2 Å². The van der Waals surface area contributed by atoms with Gasteiger partial charge in [0.25, 0.3) is 0 Å². The number of halogens is 4. The minimum absolute atomic E-state index is 0.182. The molecule has 0 saturated heterocycles. The smallest absolute Gasteiger partial charge is 0.404 e. The van der Waals surface area contributed by atoms with Crippen molar-refractivity contribution in [1.29, 1.82) is 5.26 Å². The molecular weight excluding hydrogens is 293 g/mol. The Bertz CT molecular complexity index is 518. The van der Waals surface area contributed by atoms with Gasteiger partial charge in [-0.2, -0.15) is 5.26 Å². The number of rotatable bonds is 3. The first-order valence-electron chi connectivity index (χ1n) is 5.74. The molecule has 1 unspecified atom stereocenters. The Hall–Kier alpha value is -1.61. The van der Waals surface area contributed by atoms with Gasteiger partial charge in [0.15, 0.2) is 0 Å². The molecule has 0 spiro atoms. The first-order chi connectivity index (χ1) is 9.03. The van der Waals surface area contributed by atoms with Crippen molar-refractivity contribution in [1.82, 2.24) is 0 Å². The van der Waals surface area contributed by atoms with Gasteiger partial charge in [-0.1, -0.05) is 32.4 Å². The molecular formula is C13H14ClF3N2O. The van der Waals surface area contributed by atoms with Crippen molar-refractivity contribution < 1.29 is 17.9 Å². The third-order valence-electron chi connectivity index (χ3n) is 2.46. The van der Waals surface area contributed by atoms with Crippen molar-refractivity contribution in [3.8, 4) is 11.8 Å². The van der Waals surface area contributed by atoms with Gasteiger partial charge in [0.1, 0.15) is 11.8 Å². The van der Waals surface area contributed by atoms with Crippen LogP contribution >= 0.6 is 11.6 Å². The number of nitriles is 1. The van der Waals surface area contributed by atoms with Gasteiger partial charge in [-0.05, 0) is 23.6 Å². The van der Waals surface area contributed by atoms with E-state index >= 15 is 0 Å². The lowest BCUT2D eigenvalue weighted by Crippen LogP contribution is -2.32. The second-order valence-corrected chi connectivity index (χ2v) is 5.67. The van der Waals surface area contributed by atoms with Gasteiger partial charge in [-0.25, -0.2) is 0 Å². The molecule has 110 valence electrons. The minimum Gasteiger partial charge on any atom is -0.404 e. The molecule has 1 aromatic rings. The molecule has 0 saturated carbocycles. The molecule has 0 radical (unpaired) electrons. The molecule has 0 heterocycles. The predicted molar refractivity (Wildman–Crippen MR) is 70.6 cm³/mol. The van der Waals surface area contributed by atoms with Crippen LogP contribution in [0, 0.1) is 16.7 Å². The van der Waals surface area contributed by atoms with Crippen molar-refractivity contribution in [3.63, 3.8) is 0 Å². The lowest BCUT2D eigenvalue weighted by atomic mass is 9.87. The first kappa shape index (κ1) is 16.4. The topological polar surface area (TPSA) is 45.0 Å². The summed E-state index contributed by atoms with van der Waals surface area (Å²) >= 11 is 5.73. The van der Waals surface area contributed by atoms with Crippen LogP contribution < -0.4 is 10.1 Å². The normalized spacial score (nSPS) is 13.5. The number of ether oxygens (including phenoxy) is 1. The molecule has 0 aliphatic carbocycles. The molecule has 0 fully saturated rings. The molecule has 0 bridgehead atoms. The summed E-state index contributed by atoms with van der Waals surface area (Å²) in [6.45, 7) is 5.61. The molecule has 0 aromatic heterocycles. The maximum absolute atomic E-state index is 12.1. The fraction of sp³-hybridized carbons (Fsp3) is 0.462. The molecule has 0 aliphatic heterocycles. The second kappa shape index (κ2) is 5.80. The van der Waals surface area contributed by atoms with E-state index in [-0.39, 0.29) is 10.4 Å². The minimum atomic E-state index is -4.79. The van der Waals surface area contributed by atoms with Gasteiger partial charge in [-0.15, -0.1) is 13.2 Å². The van der Waals surface area contributed by atoms with E-state index in [1.165, 1.54) is 12.1 Å². The number of anilines is 1. The summed E-state index contributed by atoms with van der Waals surface area (Å²) < 4.78 is 40.1. The number of hydrogen-bond acceptors (Lipinski definition) is 3. The lowest BCUT2D eigenvalue weighted by molar-refractivity contribution is -0.274. The monoisotopic (exact) mass is 306 g/mol. The number of hydrogen-bond donors (Lipinski definition) is 1. The number of alkyl halides is 3. The van der Waals surface area contributed by atoms with Crippen LogP contribution in [0.4, 0.5) is 18.9 Å². The zero-order valence-electron chi connectivity index (χ0n) is 11.2. The highest BCUT2D eigenvalue weighted by atomic mass is 35.5. The number of benzene rings is 1. The molecule has 20 heavy (non-hydrogen) atoms. The van der Waals surface area contributed by atoms with E-state index in [4.69, 9.17) is 16.9 Å². The quantitative estimate of drug-likeness (QED) is 0.888. The number of nitrogens with zero attached hydrogens (tertiary/aromatic N) is 1. The van der Waals surface area contributed by atoms with E-state index < -0.39 is 18.2 Å². The van der Waals surface area contributed by atoms with Crippen molar-refractivity contribution in [2.24, 2.45) is 5.41 Å². The summed E-state index contributed by atoms with van der Waals surface area (Å²) in [5.41, 5.74) is 0.119. The summed E-state index contributed by atoms with van der Waals surface area (Å²) in [7, 11) is 0. The third kappa shape index (κ3) is 4.82. The summed E-state index contributed by atoms with van der Waals surface area (Å²) in [4.78, 5) is 0. The maximum atomic E-state index is 12.1. The van der Waals surface area contributed by atoms with Crippen molar-refractivity contribution >= 4 is 17.3 Å². The van der Waals surface area contributed by atoms with Crippen LogP contribution in [0.15, 0.2) is 18.2 Å². The third-order valence-corrected chi connectivity index (χ3v) is 2.76. The average Bonchev–Trinajstić information content (AvgIpc) is 2.26. The van der Waals surface area contributed by atoms with E-state index in [9.17, 15) is 13.2 Å². The molecule has 0 amide bonds. The van der Waals surface area contributed by atoms with Crippen LogP contribution in [0.5, 0.6) is 5.75 Å². The van der Waals surface area contributed by atoms with Crippen molar-refractivity contribution in [3.05, 3.63) is 23.2 Å². The standard InChI is InChI=1S/C13H14ClF3N2O/c1-12(2,3)11(7-18)19-8-4-5-10(9(14)6-8)20-13(15,16)17/h4-6,11,19H,1-3H3. The Labute approximate surface area is 120 Å². The summed E-state index contributed by atoms with van der Waals surface area (Å²) in [6, 6.07) is 5.37. The predicted octanol–water partition coefficient (Wildman–Crippen LogP) is 4.59. The first-order valence-corrected chi connectivity index (χ1v) is 6.12. The van der Waals surface area contributed by atoms with Gasteiger partial charge in [0.2, 0.25) is 0 Å². The Kier molecular flexibility index (Phi) is 4.77. The van der Waals surface area contributed by atoms with E-state index in [2.05, 4.69) is 16.1 Å². The van der Waals surface area contributed by atoms with Crippen LogP contribution in [0.25, 0.3) is 0 Å². The SMILES string of the molecule is CC(C)(C)C(C#N)Nc1ccc(OC(F)(F)F)c(Cl)c1. The Morgan fingerprint density at radius 3 is 2.30 bits per heavy atom. The summed E-state index contributed by atoms with van der Waals surface area (Å²) in [5, 5.41) is 11.8. The van der Waals surface area contributed by atoms with Gasteiger partial charge in [-0.3, -0.25) is 0 Å². The van der Waals surface area contributed by atoms with E-state index in [1.54, 1.807) is 0 Å². The molecule has 1 aromatic carbocycles. The highest BCUT2D eigenvalue weighted by Gasteiger charge is 2.32. The molecule has 1 N–H and O–H groups in total. The van der Waals surface area contributed by atoms with E-state index in [0.717, 1.165) is 6.07 Å². The van der Waals surface area contributed by atoms with E-state index in [0.29, 0.717) is 5.69 Å². The van der Waals surface area contributed by atoms with Crippen LogP contribution in [0.2, 0.25) is 5.02 Å². The Morgan fingerprint density at radius 1 is 1.30 bits per heavy atom. The Morgan fingerprint density at radius 2 is 1.90 bits per heavy atom. The lowest BCUT2D eigenvalue weighted by Gasteiger charge is -2.26.